The first-order chi connectivity index (χ1) is 14.0. The van der Waals surface area contributed by atoms with Crippen molar-refractivity contribution in [3.63, 3.8) is 0 Å². The second kappa shape index (κ2) is 9.83. The van der Waals surface area contributed by atoms with Crippen molar-refractivity contribution in [2.75, 3.05) is 13.1 Å². The summed E-state index contributed by atoms with van der Waals surface area (Å²) in [5.74, 6) is 0.145. The molecule has 29 heavy (non-hydrogen) atoms. The second-order valence-electron chi connectivity index (χ2n) is 7.44. The first-order valence-electron chi connectivity index (χ1n) is 9.88. The topological polar surface area (TPSA) is 62.3 Å². The number of piperidine rings is 1. The average molecular weight is 418 g/mol. The highest BCUT2D eigenvalue weighted by molar-refractivity contribution is 6.29. The van der Waals surface area contributed by atoms with Gasteiger partial charge in [0, 0.05) is 37.8 Å². The van der Waals surface area contributed by atoms with Crippen LogP contribution < -0.4 is 5.32 Å². The van der Waals surface area contributed by atoms with Gasteiger partial charge in [-0.2, -0.15) is 0 Å². The van der Waals surface area contributed by atoms with E-state index in [0.717, 1.165) is 18.4 Å². The lowest BCUT2D eigenvalue weighted by Gasteiger charge is -2.38. The zero-order valence-electron chi connectivity index (χ0n) is 16.4. The lowest BCUT2D eigenvalue weighted by Crippen LogP contribution is -2.44. The van der Waals surface area contributed by atoms with E-state index in [9.17, 15) is 14.0 Å². The number of hydrogen-bond donors (Lipinski definition) is 1. The van der Waals surface area contributed by atoms with E-state index < -0.39 is 0 Å². The first-order valence-corrected chi connectivity index (χ1v) is 10.3. The Morgan fingerprint density at radius 2 is 2.00 bits per heavy atom. The molecule has 2 heterocycles. The largest absolute Gasteiger partial charge is 0.352 e. The molecule has 2 atom stereocenters. The molecule has 0 bridgehead atoms. The Labute approximate surface area is 175 Å². The maximum absolute atomic E-state index is 13.0. The van der Waals surface area contributed by atoms with E-state index in [1.54, 1.807) is 24.3 Å². The Morgan fingerprint density at radius 3 is 2.69 bits per heavy atom. The zero-order valence-corrected chi connectivity index (χ0v) is 17.2. The SMILES string of the molecule is CC[C@H]1CN(C(=O)c2ccnc(Cl)c2)CC[C@H]1CC(=O)NCc1ccc(F)cc1. The monoisotopic (exact) mass is 417 g/mol. The molecule has 0 radical (unpaired) electrons. The average Bonchev–Trinajstić information content (AvgIpc) is 2.73. The minimum atomic E-state index is -0.291. The Balaban J connectivity index is 1.53. The number of carbonyl (C=O) groups excluding carboxylic acids is 2. The van der Waals surface area contributed by atoms with Gasteiger partial charge in [-0.15, -0.1) is 0 Å². The molecule has 1 fully saturated rings. The van der Waals surface area contributed by atoms with Gasteiger partial charge in [-0.3, -0.25) is 9.59 Å². The van der Waals surface area contributed by atoms with Gasteiger partial charge >= 0.3 is 0 Å². The maximum atomic E-state index is 13.0. The van der Waals surface area contributed by atoms with Gasteiger partial charge in [0.25, 0.3) is 5.91 Å². The maximum Gasteiger partial charge on any atom is 0.254 e. The summed E-state index contributed by atoms with van der Waals surface area (Å²) in [6.45, 7) is 3.72. The number of likely N-dealkylation sites (tertiary alicyclic amines) is 1. The number of nitrogens with zero attached hydrogens (tertiary/aromatic N) is 2. The summed E-state index contributed by atoms with van der Waals surface area (Å²) in [7, 11) is 0. The van der Waals surface area contributed by atoms with Crippen LogP contribution in [0.15, 0.2) is 42.6 Å². The number of aromatic nitrogens is 1. The van der Waals surface area contributed by atoms with Gasteiger partial charge < -0.3 is 10.2 Å². The third-order valence-corrected chi connectivity index (χ3v) is 5.73. The van der Waals surface area contributed by atoms with Gasteiger partial charge in [0.1, 0.15) is 11.0 Å². The lowest BCUT2D eigenvalue weighted by atomic mass is 9.81. The van der Waals surface area contributed by atoms with Crippen LogP contribution in [0.25, 0.3) is 0 Å². The minimum absolute atomic E-state index is 0.0153. The van der Waals surface area contributed by atoms with Crippen LogP contribution in [0.1, 0.15) is 42.1 Å². The smallest absolute Gasteiger partial charge is 0.254 e. The molecule has 0 unspecified atom stereocenters. The van der Waals surface area contributed by atoms with E-state index in [1.165, 1.54) is 18.3 Å². The first kappa shape index (κ1) is 21.2. The number of nitrogens with one attached hydrogen (secondary N) is 1. The van der Waals surface area contributed by atoms with E-state index >= 15 is 0 Å². The minimum Gasteiger partial charge on any atom is -0.352 e. The van der Waals surface area contributed by atoms with Crippen molar-refractivity contribution < 1.29 is 14.0 Å². The van der Waals surface area contributed by atoms with E-state index in [2.05, 4.69) is 17.2 Å². The number of benzene rings is 1. The molecule has 1 aliphatic rings. The molecule has 2 aromatic rings. The van der Waals surface area contributed by atoms with Crippen LogP contribution >= 0.6 is 11.6 Å². The van der Waals surface area contributed by atoms with Crippen molar-refractivity contribution in [1.29, 1.82) is 0 Å². The Morgan fingerprint density at radius 1 is 1.24 bits per heavy atom. The fraction of sp³-hybridized carbons (Fsp3) is 0.409. The van der Waals surface area contributed by atoms with E-state index in [4.69, 9.17) is 11.6 Å². The molecular weight excluding hydrogens is 393 g/mol. The molecule has 0 aliphatic carbocycles. The van der Waals surface area contributed by atoms with Gasteiger partial charge in [0.2, 0.25) is 5.91 Å². The highest BCUT2D eigenvalue weighted by atomic mass is 35.5. The fourth-order valence-electron chi connectivity index (χ4n) is 3.83. The molecule has 0 saturated carbocycles. The molecule has 2 amide bonds. The summed E-state index contributed by atoms with van der Waals surface area (Å²) in [6.07, 6.45) is 3.65. The number of hydrogen-bond acceptors (Lipinski definition) is 3. The number of halogens is 2. The number of pyridine rings is 1. The third-order valence-electron chi connectivity index (χ3n) is 5.53. The molecule has 7 heteroatoms. The molecule has 0 spiro atoms. The van der Waals surface area contributed by atoms with Gasteiger partial charge in [-0.1, -0.05) is 37.1 Å². The number of rotatable bonds is 6. The Kier molecular flexibility index (Phi) is 7.20. The standard InChI is InChI=1S/C22H25ClFN3O2/c1-2-16-14-27(22(29)18-7-9-25-20(23)11-18)10-8-17(16)12-21(28)26-13-15-3-5-19(24)6-4-15/h3-7,9,11,16-17H,2,8,10,12-14H2,1H3,(H,26,28)/t16-,17-/m0/s1. The molecular formula is C22H25ClFN3O2. The summed E-state index contributed by atoms with van der Waals surface area (Å²) in [5, 5.41) is 3.21. The van der Waals surface area contributed by atoms with E-state index in [-0.39, 0.29) is 29.5 Å². The fourth-order valence-corrected chi connectivity index (χ4v) is 4.00. The molecule has 1 aromatic carbocycles. The van der Waals surface area contributed by atoms with Gasteiger partial charge in [-0.05, 0) is 48.1 Å². The lowest BCUT2D eigenvalue weighted by molar-refractivity contribution is -0.123. The van der Waals surface area contributed by atoms with Crippen LogP contribution in [0.4, 0.5) is 4.39 Å². The van der Waals surface area contributed by atoms with E-state index in [0.29, 0.717) is 36.8 Å². The Bertz CT molecular complexity index is 859. The van der Waals surface area contributed by atoms with Crippen LogP contribution in [0.5, 0.6) is 0 Å². The van der Waals surface area contributed by atoms with Gasteiger partial charge in [-0.25, -0.2) is 9.37 Å². The normalized spacial score (nSPS) is 19.1. The molecule has 154 valence electrons. The number of amides is 2. The van der Waals surface area contributed by atoms with Crippen molar-refractivity contribution in [3.05, 3.63) is 64.7 Å². The predicted molar refractivity (Wildman–Crippen MR) is 110 cm³/mol. The summed E-state index contributed by atoms with van der Waals surface area (Å²) >= 11 is 5.90. The van der Waals surface area contributed by atoms with Crippen LogP contribution in [-0.4, -0.2) is 34.8 Å². The van der Waals surface area contributed by atoms with Crippen molar-refractivity contribution >= 4 is 23.4 Å². The summed E-state index contributed by atoms with van der Waals surface area (Å²) in [5.41, 5.74) is 1.40. The zero-order chi connectivity index (χ0) is 20.8. The van der Waals surface area contributed by atoms with Gasteiger partial charge in [0.15, 0.2) is 0 Å². The quantitative estimate of drug-likeness (QED) is 0.720. The molecule has 1 saturated heterocycles. The molecule has 5 nitrogen and oxygen atoms in total. The van der Waals surface area contributed by atoms with Crippen LogP contribution in [-0.2, 0) is 11.3 Å². The van der Waals surface area contributed by atoms with Crippen molar-refractivity contribution in [2.45, 2.75) is 32.7 Å². The van der Waals surface area contributed by atoms with Crippen LogP contribution in [0, 0.1) is 17.7 Å². The predicted octanol–water partition coefficient (Wildman–Crippen LogP) is 4.07. The van der Waals surface area contributed by atoms with Gasteiger partial charge in [0.05, 0.1) is 0 Å². The highest BCUT2D eigenvalue weighted by Crippen LogP contribution is 2.30. The third kappa shape index (κ3) is 5.76. The highest BCUT2D eigenvalue weighted by Gasteiger charge is 2.32. The molecule has 1 aliphatic heterocycles. The summed E-state index contributed by atoms with van der Waals surface area (Å²) in [6, 6.07) is 9.36. The van der Waals surface area contributed by atoms with Crippen molar-refractivity contribution in [1.82, 2.24) is 15.2 Å². The van der Waals surface area contributed by atoms with Crippen LogP contribution in [0.2, 0.25) is 5.15 Å². The molecule has 1 N–H and O–H groups in total. The second-order valence-corrected chi connectivity index (χ2v) is 7.83. The molecule has 3 rings (SSSR count). The summed E-state index contributed by atoms with van der Waals surface area (Å²) in [4.78, 5) is 30.9. The van der Waals surface area contributed by atoms with Crippen molar-refractivity contribution in [3.8, 4) is 0 Å². The molecule has 1 aromatic heterocycles. The van der Waals surface area contributed by atoms with E-state index in [1.807, 2.05) is 4.90 Å². The summed E-state index contributed by atoms with van der Waals surface area (Å²) < 4.78 is 13.0. The number of carbonyl (C=O) groups is 2. The van der Waals surface area contributed by atoms with Crippen LogP contribution in [0.3, 0.4) is 0 Å². The Hall–Kier alpha value is -2.47. The van der Waals surface area contributed by atoms with Crippen molar-refractivity contribution in [2.24, 2.45) is 11.8 Å².